The van der Waals surface area contributed by atoms with E-state index in [-0.39, 0.29) is 11.8 Å². The van der Waals surface area contributed by atoms with Crippen molar-refractivity contribution >= 4 is 23.8 Å². The minimum atomic E-state index is -0.179. The monoisotopic (exact) mass is 564 g/mol. The molecular formula is C29H36N6O4S. The molecule has 1 aliphatic carbocycles. The van der Waals surface area contributed by atoms with Gasteiger partial charge in [0, 0.05) is 56.8 Å². The number of carbonyl (C=O) groups excluding carboxylic acids is 2. The normalized spacial score (nSPS) is 16.0. The highest BCUT2D eigenvalue weighted by Crippen LogP contribution is 2.39. The summed E-state index contributed by atoms with van der Waals surface area (Å²) in [4.78, 5) is 25.5. The summed E-state index contributed by atoms with van der Waals surface area (Å²) in [5.74, 6) is 1.35. The fraction of sp³-hybridized carbons (Fsp3) is 0.414. The Hall–Kier alpha value is -3.54. The van der Waals surface area contributed by atoms with Gasteiger partial charge in [-0.3, -0.25) is 19.7 Å². The second-order valence-corrected chi connectivity index (χ2v) is 10.9. The van der Waals surface area contributed by atoms with Gasteiger partial charge in [-0.1, -0.05) is 36.2 Å². The Morgan fingerprint density at radius 3 is 2.48 bits per heavy atom. The maximum atomic E-state index is 12.8. The van der Waals surface area contributed by atoms with Gasteiger partial charge in [-0.2, -0.15) is 5.10 Å². The third-order valence-corrected chi connectivity index (χ3v) is 8.08. The highest BCUT2D eigenvalue weighted by molar-refractivity contribution is 7.96. The SMILES string of the molecule is COc1c(CNC(=O)c2cc(C3CC3)nn2C)cccc1OCc1ccc(C(=O)NN2CCN(SC)CC2)cc1. The molecule has 40 heavy (non-hydrogen) atoms. The molecule has 1 saturated heterocycles. The number of aromatic nitrogens is 2. The number of piperazine rings is 1. The van der Waals surface area contributed by atoms with E-state index in [9.17, 15) is 9.59 Å². The zero-order chi connectivity index (χ0) is 28.1. The number of ether oxygens (including phenoxy) is 2. The Morgan fingerprint density at radius 1 is 1.05 bits per heavy atom. The molecular weight excluding hydrogens is 528 g/mol. The predicted octanol–water partition coefficient (Wildman–Crippen LogP) is 3.36. The summed E-state index contributed by atoms with van der Waals surface area (Å²) >= 11 is 1.73. The number of methoxy groups -OCH3 is 1. The number of amides is 2. The number of aryl methyl sites for hydroxylation is 1. The first kappa shape index (κ1) is 28.0. The van der Waals surface area contributed by atoms with Gasteiger partial charge in [-0.15, -0.1) is 0 Å². The molecule has 1 aliphatic heterocycles. The fourth-order valence-electron chi connectivity index (χ4n) is 4.70. The van der Waals surface area contributed by atoms with E-state index in [1.54, 1.807) is 30.8 Å². The van der Waals surface area contributed by atoms with E-state index in [0.29, 0.717) is 41.8 Å². The Morgan fingerprint density at radius 2 is 1.80 bits per heavy atom. The van der Waals surface area contributed by atoms with Crippen molar-refractivity contribution in [1.29, 1.82) is 0 Å². The van der Waals surface area contributed by atoms with Crippen LogP contribution in [-0.2, 0) is 20.2 Å². The number of carbonyl (C=O) groups is 2. The molecule has 1 aromatic heterocycles. The number of rotatable bonds is 11. The summed E-state index contributed by atoms with van der Waals surface area (Å²) in [5.41, 5.74) is 6.86. The molecule has 0 radical (unpaired) electrons. The van der Waals surface area contributed by atoms with Crippen molar-refractivity contribution in [3.8, 4) is 11.5 Å². The molecule has 0 unspecified atom stereocenters. The van der Waals surface area contributed by atoms with Crippen molar-refractivity contribution < 1.29 is 19.1 Å². The molecule has 212 valence electrons. The van der Waals surface area contributed by atoms with Crippen LogP contribution in [0, 0.1) is 0 Å². The van der Waals surface area contributed by atoms with Crippen LogP contribution in [0.25, 0.3) is 0 Å². The summed E-state index contributed by atoms with van der Waals surface area (Å²) in [6.07, 6.45) is 4.34. The Labute approximate surface area is 239 Å². The van der Waals surface area contributed by atoms with Gasteiger partial charge in [-0.05, 0) is 48.9 Å². The van der Waals surface area contributed by atoms with Gasteiger partial charge in [-0.25, -0.2) is 9.31 Å². The molecule has 0 atom stereocenters. The van der Waals surface area contributed by atoms with Crippen molar-refractivity contribution in [3.63, 3.8) is 0 Å². The number of hydrazine groups is 1. The van der Waals surface area contributed by atoms with Crippen molar-refractivity contribution in [2.75, 3.05) is 39.5 Å². The van der Waals surface area contributed by atoms with Crippen LogP contribution in [0.15, 0.2) is 48.5 Å². The minimum Gasteiger partial charge on any atom is -0.493 e. The van der Waals surface area contributed by atoms with Gasteiger partial charge < -0.3 is 14.8 Å². The van der Waals surface area contributed by atoms with Gasteiger partial charge in [0.1, 0.15) is 12.3 Å². The topological polar surface area (TPSA) is 101 Å². The lowest BCUT2D eigenvalue weighted by atomic mass is 10.1. The second-order valence-electron chi connectivity index (χ2n) is 10.0. The number of nitrogens with zero attached hydrogens (tertiary/aromatic N) is 4. The van der Waals surface area contributed by atoms with E-state index < -0.39 is 0 Å². The zero-order valence-electron chi connectivity index (χ0n) is 23.2. The first-order valence-corrected chi connectivity index (χ1v) is 14.7. The lowest BCUT2D eigenvalue weighted by molar-refractivity contribution is 0.0723. The van der Waals surface area contributed by atoms with Crippen LogP contribution >= 0.6 is 11.9 Å². The number of hydrogen-bond acceptors (Lipinski definition) is 8. The third-order valence-electron chi connectivity index (χ3n) is 7.20. The van der Waals surface area contributed by atoms with Gasteiger partial charge in [0.05, 0.1) is 12.8 Å². The van der Waals surface area contributed by atoms with Crippen LogP contribution in [-0.4, -0.2) is 70.5 Å². The van der Waals surface area contributed by atoms with Gasteiger partial charge in [0.25, 0.3) is 11.8 Å². The molecule has 2 aliphatic rings. The molecule has 2 heterocycles. The molecule has 2 amide bonds. The second kappa shape index (κ2) is 12.8. The largest absolute Gasteiger partial charge is 0.493 e. The van der Waals surface area contributed by atoms with E-state index in [2.05, 4.69) is 26.4 Å². The number of benzene rings is 2. The molecule has 0 bridgehead atoms. The highest BCUT2D eigenvalue weighted by atomic mass is 32.2. The van der Waals surface area contributed by atoms with Crippen LogP contribution in [0.4, 0.5) is 0 Å². The summed E-state index contributed by atoms with van der Waals surface area (Å²) < 4.78 is 15.7. The molecule has 3 aromatic rings. The van der Waals surface area contributed by atoms with E-state index >= 15 is 0 Å². The maximum absolute atomic E-state index is 12.8. The van der Waals surface area contributed by atoms with E-state index in [4.69, 9.17) is 9.47 Å². The first-order chi connectivity index (χ1) is 19.4. The zero-order valence-corrected chi connectivity index (χ0v) is 24.0. The number of para-hydroxylation sites is 1. The first-order valence-electron chi connectivity index (χ1n) is 13.5. The molecule has 2 aromatic carbocycles. The number of hydrogen-bond donors (Lipinski definition) is 2. The lowest BCUT2D eigenvalue weighted by Gasteiger charge is -2.33. The van der Waals surface area contributed by atoms with Gasteiger partial charge in [0.15, 0.2) is 11.5 Å². The van der Waals surface area contributed by atoms with Gasteiger partial charge in [0.2, 0.25) is 0 Å². The molecule has 5 rings (SSSR count). The van der Waals surface area contributed by atoms with E-state index in [1.807, 2.05) is 53.5 Å². The highest BCUT2D eigenvalue weighted by Gasteiger charge is 2.28. The third kappa shape index (κ3) is 6.78. The average Bonchev–Trinajstić information content (AvgIpc) is 3.76. The summed E-state index contributed by atoms with van der Waals surface area (Å²) in [7, 11) is 3.38. The molecule has 0 spiro atoms. The summed E-state index contributed by atoms with van der Waals surface area (Å²) in [6.45, 7) is 4.03. The van der Waals surface area contributed by atoms with Crippen molar-refractivity contribution in [2.45, 2.75) is 31.9 Å². The van der Waals surface area contributed by atoms with Crippen LogP contribution < -0.4 is 20.2 Å². The molecule has 2 fully saturated rings. The van der Waals surface area contributed by atoms with Gasteiger partial charge >= 0.3 is 0 Å². The van der Waals surface area contributed by atoms with Crippen LogP contribution in [0.3, 0.4) is 0 Å². The Kier molecular flexibility index (Phi) is 8.93. The quantitative estimate of drug-likeness (QED) is 0.342. The molecule has 11 heteroatoms. The van der Waals surface area contributed by atoms with E-state index in [1.165, 1.54) is 0 Å². The van der Waals surface area contributed by atoms with E-state index in [0.717, 1.165) is 55.8 Å². The Bertz CT molecular complexity index is 1330. The molecule has 2 N–H and O–H groups in total. The Balaban J connectivity index is 1.15. The fourth-order valence-corrected chi connectivity index (χ4v) is 5.22. The average molecular weight is 565 g/mol. The predicted molar refractivity (Wildman–Crippen MR) is 154 cm³/mol. The molecule has 10 nitrogen and oxygen atoms in total. The van der Waals surface area contributed by atoms with Crippen molar-refractivity contribution in [2.24, 2.45) is 7.05 Å². The smallest absolute Gasteiger partial charge is 0.269 e. The number of nitrogens with one attached hydrogen (secondary N) is 2. The standard InChI is InChI=1S/C29H36N6O4S/c1-33-25(17-24(31-33)21-11-12-21)29(37)30-18-23-5-4-6-26(27(23)38-2)39-19-20-7-9-22(10-8-20)28(36)32-34-13-15-35(40-3)16-14-34/h4-10,17,21H,11-16,18-19H2,1-3H3,(H,30,37)(H,32,36). The van der Waals surface area contributed by atoms with Crippen LogP contribution in [0.2, 0.25) is 0 Å². The van der Waals surface area contributed by atoms with Crippen molar-refractivity contribution in [1.82, 2.24) is 29.8 Å². The lowest BCUT2D eigenvalue weighted by Crippen LogP contribution is -2.51. The molecule has 1 saturated carbocycles. The van der Waals surface area contributed by atoms with Crippen LogP contribution in [0.5, 0.6) is 11.5 Å². The minimum absolute atomic E-state index is 0.114. The summed E-state index contributed by atoms with van der Waals surface area (Å²) in [6, 6.07) is 14.9. The summed E-state index contributed by atoms with van der Waals surface area (Å²) in [5, 5.41) is 9.42. The van der Waals surface area contributed by atoms with Crippen molar-refractivity contribution in [3.05, 3.63) is 76.6 Å². The maximum Gasteiger partial charge on any atom is 0.269 e. The van der Waals surface area contributed by atoms with Crippen LogP contribution in [0.1, 0.15) is 56.4 Å².